The molecule has 0 radical (unpaired) electrons. The molecule has 0 unspecified atom stereocenters. The summed E-state index contributed by atoms with van der Waals surface area (Å²) in [5.41, 5.74) is 1.74. The zero-order chi connectivity index (χ0) is 22.8. The molecule has 0 atom stereocenters. The third kappa shape index (κ3) is 4.50. The molecule has 1 aliphatic rings. The SMILES string of the molecule is CSc1nc(C2CC2)cc(C(=O)OCc2cc(=O)oc3cc(NC(C)=O)ccc23)c1C#N. The van der Waals surface area contributed by atoms with Gasteiger partial charge in [-0.1, -0.05) is 0 Å². The van der Waals surface area contributed by atoms with E-state index in [9.17, 15) is 19.6 Å². The summed E-state index contributed by atoms with van der Waals surface area (Å²) >= 11 is 1.31. The molecule has 0 aliphatic heterocycles. The van der Waals surface area contributed by atoms with E-state index >= 15 is 0 Å². The molecule has 0 saturated heterocycles. The molecule has 1 aromatic carbocycles. The standard InChI is InChI=1S/C23H19N3O5S/c1-12(27)25-15-5-6-16-14(7-21(28)31-20(16)8-15)11-30-23(29)17-9-19(13-3-4-13)26-22(32-2)18(17)10-24/h5-9,13H,3-4,11H2,1-2H3,(H,25,27). The van der Waals surface area contributed by atoms with E-state index in [0.29, 0.717) is 27.6 Å². The van der Waals surface area contributed by atoms with Crippen molar-refractivity contribution in [1.29, 1.82) is 5.26 Å². The zero-order valence-electron chi connectivity index (χ0n) is 17.4. The third-order valence-electron chi connectivity index (χ3n) is 5.04. The minimum absolute atomic E-state index is 0.175. The van der Waals surface area contributed by atoms with Gasteiger partial charge in [-0.15, -0.1) is 11.8 Å². The van der Waals surface area contributed by atoms with Crippen molar-refractivity contribution in [3.05, 3.63) is 63.1 Å². The number of carbonyl (C=O) groups excluding carboxylic acids is 2. The number of carbonyl (C=O) groups is 2. The van der Waals surface area contributed by atoms with Crippen LogP contribution in [0.5, 0.6) is 0 Å². The molecule has 3 aromatic rings. The van der Waals surface area contributed by atoms with E-state index in [1.807, 2.05) is 0 Å². The van der Waals surface area contributed by atoms with Crippen molar-refractivity contribution in [1.82, 2.24) is 4.98 Å². The first-order chi connectivity index (χ1) is 15.4. The fraction of sp³-hybridized carbons (Fsp3) is 0.261. The highest BCUT2D eigenvalue weighted by Crippen LogP contribution is 2.40. The van der Waals surface area contributed by atoms with Crippen LogP contribution in [0.2, 0.25) is 0 Å². The Morgan fingerprint density at radius 2 is 2.09 bits per heavy atom. The lowest BCUT2D eigenvalue weighted by molar-refractivity contribution is -0.114. The van der Waals surface area contributed by atoms with Gasteiger partial charge in [-0.05, 0) is 37.3 Å². The molecule has 0 bridgehead atoms. The maximum atomic E-state index is 12.9. The monoisotopic (exact) mass is 449 g/mol. The first kappa shape index (κ1) is 21.6. The molecule has 2 heterocycles. The number of rotatable bonds is 6. The molecule has 4 rings (SSSR count). The molecule has 1 N–H and O–H groups in total. The van der Waals surface area contributed by atoms with Gasteiger partial charge >= 0.3 is 11.6 Å². The van der Waals surface area contributed by atoms with Gasteiger partial charge in [-0.25, -0.2) is 14.6 Å². The highest BCUT2D eigenvalue weighted by Gasteiger charge is 2.29. The summed E-state index contributed by atoms with van der Waals surface area (Å²) in [5, 5.41) is 13.3. The molecule has 1 amide bonds. The Bertz CT molecular complexity index is 1340. The predicted octanol–water partition coefficient (Wildman–Crippen LogP) is 3.97. The van der Waals surface area contributed by atoms with Crippen molar-refractivity contribution in [2.45, 2.75) is 37.3 Å². The second-order valence-electron chi connectivity index (χ2n) is 7.42. The van der Waals surface area contributed by atoms with Crippen LogP contribution in [0.1, 0.15) is 52.9 Å². The van der Waals surface area contributed by atoms with E-state index in [4.69, 9.17) is 9.15 Å². The molecular weight excluding hydrogens is 430 g/mol. The van der Waals surface area contributed by atoms with Crippen LogP contribution in [0.4, 0.5) is 5.69 Å². The van der Waals surface area contributed by atoms with Gasteiger partial charge in [-0.2, -0.15) is 5.26 Å². The van der Waals surface area contributed by atoms with E-state index in [-0.39, 0.29) is 29.2 Å². The van der Waals surface area contributed by atoms with Gasteiger partial charge in [-0.3, -0.25) is 4.79 Å². The lowest BCUT2D eigenvalue weighted by Crippen LogP contribution is -2.12. The maximum absolute atomic E-state index is 12.9. The van der Waals surface area contributed by atoms with Crippen LogP contribution in [0.25, 0.3) is 11.0 Å². The minimum Gasteiger partial charge on any atom is -0.457 e. The highest BCUT2D eigenvalue weighted by atomic mass is 32.2. The summed E-state index contributed by atoms with van der Waals surface area (Å²) in [5.74, 6) is -0.601. The van der Waals surface area contributed by atoms with Crippen LogP contribution < -0.4 is 10.9 Å². The Balaban J connectivity index is 1.63. The normalized spacial score (nSPS) is 12.9. The number of nitriles is 1. The molecular formula is C23H19N3O5S. The number of aromatic nitrogens is 1. The molecule has 1 aliphatic carbocycles. The van der Waals surface area contributed by atoms with Crippen LogP contribution in [-0.2, 0) is 16.1 Å². The van der Waals surface area contributed by atoms with Crippen LogP contribution in [0.3, 0.4) is 0 Å². The fourth-order valence-corrected chi connectivity index (χ4v) is 3.95. The number of ether oxygens (including phenoxy) is 1. The second-order valence-corrected chi connectivity index (χ2v) is 8.22. The van der Waals surface area contributed by atoms with Crippen LogP contribution in [0.15, 0.2) is 44.6 Å². The van der Waals surface area contributed by atoms with Gasteiger partial charge < -0.3 is 14.5 Å². The third-order valence-corrected chi connectivity index (χ3v) is 5.72. The number of esters is 1. The van der Waals surface area contributed by atoms with Gasteiger partial charge in [0.1, 0.15) is 23.3 Å². The van der Waals surface area contributed by atoms with Gasteiger partial charge in [0.2, 0.25) is 5.91 Å². The predicted molar refractivity (Wildman–Crippen MR) is 119 cm³/mol. The van der Waals surface area contributed by atoms with Gasteiger partial charge in [0.05, 0.1) is 11.1 Å². The molecule has 9 heteroatoms. The van der Waals surface area contributed by atoms with Gasteiger partial charge in [0, 0.05) is 47.3 Å². The Morgan fingerprint density at radius 3 is 2.75 bits per heavy atom. The van der Waals surface area contributed by atoms with E-state index in [1.165, 1.54) is 30.8 Å². The Labute approximate surface area is 187 Å². The van der Waals surface area contributed by atoms with Crippen molar-refractivity contribution < 1.29 is 18.7 Å². The van der Waals surface area contributed by atoms with Crippen molar-refractivity contribution in [2.24, 2.45) is 0 Å². The molecule has 0 spiro atoms. The lowest BCUT2D eigenvalue weighted by Gasteiger charge is -2.11. The number of pyridine rings is 1. The molecule has 162 valence electrons. The number of nitrogens with one attached hydrogen (secondary N) is 1. The lowest BCUT2D eigenvalue weighted by atomic mass is 10.1. The Kier molecular flexibility index (Phi) is 5.97. The number of anilines is 1. The number of thioether (sulfide) groups is 1. The van der Waals surface area contributed by atoms with E-state index < -0.39 is 11.6 Å². The number of fused-ring (bicyclic) bond motifs is 1. The number of amides is 1. The van der Waals surface area contributed by atoms with Crippen LogP contribution in [-0.4, -0.2) is 23.1 Å². The Morgan fingerprint density at radius 1 is 1.31 bits per heavy atom. The minimum atomic E-state index is -0.655. The zero-order valence-corrected chi connectivity index (χ0v) is 18.2. The summed E-state index contributed by atoms with van der Waals surface area (Å²) in [6, 6.07) is 9.83. The van der Waals surface area contributed by atoms with Gasteiger partial charge in [0.25, 0.3) is 0 Å². The van der Waals surface area contributed by atoms with Crippen LogP contribution in [0, 0.1) is 11.3 Å². The second kappa shape index (κ2) is 8.85. The highest BCUT2D eigenvalue weighted by molar-refractivity contribution is 7.98. The van der Waals surface area contributed by atoms with Crippen molar-refractivity contribution in [2.75, 3.05) is 11.6 Å². The summed E-state index contributed by atoms with van der Waals surface area (Å²) in [6.45, 7) is 1.20. The molecule has 1 saturated carbocycles. The first-order valence-electron chi connectivity index (χ1n) is 9.90. The summed E-state index contributed by atoms with van der Waals surface area (Å²) in [7, 11) is 0. The molecule has 2 aromatic heterocycles. The smallest absolute Gasteiger partial charge is 0.339 e. The molecule has 8 nitrogen and oxygen atoms in total. The summed E-state index contributed by atoms with van der Waals surface area (Å²) in [6.07, 6.45) is 3.82. The quantitative estimate of drug-likeness (QED) is 0.341. The van der Waals surface area contributed by atoms with Crippen molar-refractivity contribution in [3.8, 4) is 6.07 Å². The molecule has 32 heavy (non-hydrogen) atoms. The Hall–Kier alpha value is -3.64. The topological polar surface area (TPSA) is 122 Å². The largest absolute Gasteiger partial charge is 0.457 e. The van der Waals surface area contributed by atoms with E-state index in [1.54, 1.807) is 24.5 Å². The van der Waals surface area contributed by atoms with Gasteiger partial charge in [0.15, 0.2) is 0 Å². The first-order valence-corrected chi connectivity index (χ1v) is 11.1. The van der Waals surface area contributed by atoms with E-state index in [0.717, 1.165) is 18.5 Å². The maximum Gasteiger partial charge on any atom is 0.339 e. The van der Waals surface area contributed by atoms with Crippen molar-refractivity contribution in [3.63, 3.8) is 0 Å². The number of hydrogen-bond acceptors (Lipinski definition) is 8. The fourth-order valence-electron chi connectivity index (χ4n) is 3.40. The van der Waals surface area contributed by atoms with Crippen LogP contribution >= 0.6 is 11.8 Å². The molecule has 1 fully saturated rings. The summed E-state index contributed by atoms with van der Waals surface area (Å²) < 4.78 is 10.7. The van der Waals surface area contributed by atoms with E-state index in [2.05, 4.69) is 16.4 Å². The number of benzene rings is 1. The average Bonchev–Trinajstić information content (AvgIpc) is 3.61. The number of nitrogens with zero attached hydrogens (tertiary/aromatic N) is 2. The summed E-state index contributed by atoms with van der Waals surface area (Å²) in [4.78, 5) is 40.7. The van der Waals surface area contributed by atoms with Crippen molar-refractivity contribution >= 4 is 40.3 Å². The average molecular weight is 449 g/mol. The number of hydrogen-bond donors (Lipinski definition) is 1.